The van der Waals surface area contributed by atoms with Crippen LogP contribution in [0.2, 0.25) is 0 Å². The maximum atomic E-state index is 12.4. The van der Waals surface area contributed by atoms with E-state index < -0.39 is 10.0 Å². The summed E-state index contributed by atoms with van der Waals surface area (Å²) in [6.45, 7) is 2.69. The molecule has 0 aromatic heterocycles. The lowest BCUT2D eigenvalue weighted by molar-refractivity contribution is 0.189. The highest BCUT2D eigenvalue weighted by molar-refractivity contribution is 9.10. The number of nitrogens with zero attached hydrogens (tertiary/aromatic N) is 1. The Balaban J connectivity index is 3.03. The molecule has 2 N–H and O–H groups in total. The van der Waals surface area contributed by atoms with Gasteiger partial charge in [-0.25, -0.2) is 12.7 Å². The maximum Gasteiger partial charge on any atom is 0.243 e. The van der Waals surface area contributed by atoms with Crippen LogP contribution < -0.4 is 5.73 Å². The largest absolute Gasteiger partial charge is 0.398 e. The molecule has 0 saturated heterocycles. The minimum atomic E-state index is -3.51. The number of methoxy groups -OCH3 is 1. The Hall–Kier alpha value is -0.630. The van der Waals surface area contributed by atoms with Crippen molar-refractivity contribution >= 4 is 31.6 Å². The van der Waals surface area contributed by atoms with Crippen LogP contribution in [0.15, 0.2) is 21.5 Å². The van der Waals surface area contributed by atoms with Gasteiger partial charge in [0.1, 0.15) is 0 Å². The highest BCUT2D eigenvalue weighted by Crippen LogP contribution is 2.28. The third-order valence-electron chi connectivity index (χ3n) is 2.80. The van der Waals surface area contributed by atoms with Gasteiger partial charge in [-0.05, 0) is 47.0 Å². The summed E-state index contributed by atoms with van der Waals surface area (Å²) < 4.78 is 31.8. The van der Waals surface area contributed by atoms with Crippen LogP contribution in [-0.2, 0) is 14.8 Å². The van der Waals surface area contributed by atoms with Gasteiger partial charge in [-0.2, -0.15) is 0 Å². The molecule has 0 aliphatic heterocycles. The Labute approximate surface area is 122 Å². The van der Waals surface area contributed by atoms with Gasteiger partial charge in [0, 0.05) is 37.5 Å². The molecule has 0 saturated carbocycles. The van der Waals surface area contributed by atoms with E-state index >= 15 is 0 Å². The van der Waals surface area contributed by atoms with E-state index in [1.54, 1.807) is 27.1 Å². The van der Waals surface area contributed by atoms with Crippen molar-refractivity contribution in [2.24, 2.45) is 0 Å². The Bertz CT molecular complexity index is 546. The molecular weight excluding hydrogens is 332 g/mol. The van der Waals surface area contributed by atoms with Gasteiger partial charge in [0.05, 0.1) is 4.90 Å². The fourth-order valence-electron chi connectivity index (χ4n) is 1.67. The summed E-state index contributed by atoms with van der Waals surface area (Å²) in [5.74, 6) is 0. The second kappa shape index (κ2) is 6.69. The molecule has 1 rings (SSSR count). The van der Waals surface area contributed by atoms with Crippen LogP contribution in [0.5, 0.6) is 0 Å². The van der Waals surface area contributed by atoms with Crippen LogP contribution in [-0.4, -0.2) is 40.0 Å². The summed E-state index contributed by atoms with van der Waals surface area (Å²) in [6.07, 6.45) is 0.650. The van der Waals surface area contributed by atoms with E-state index in [2.05, 4.69) is 15.9 Å². The quantitative estimate of drug-likeness (QED) is 0.629. The molecule has 0 bridgehead atoms. The lowest BCUT2D eigenvalue weighted by Gasteiger charge is -2.19. The Morgan fingerprint density at radius 3 is 2.63 bits per heavy atom. The van der Waals surface area contributed by atoms with E-state index in [0.717, 1.165) is 0 Å². The number of nitrogen functional groups attached to an aromatic ring is 1. The molecule has 0 aliphatic carbocycles. The first-order valence-corrected chi connectivity index (χ1v) is 8.05. The molecule has 0 aliphatic rings. The van der Waals surface area contributed by atoms with Gasteiger partial charge in [0.15, 0.2) is 0 Å². The third kappa shape index (κ3) is 3.92. The van der Waals surface area contributed by atoms with Crippen molar-refractivity contribution in [2.45, 2.75) is 18.2 Å². The predicted octanol–water partition coefficient (Wildman–Crippen LogP) is 2.00. The number of sulfonamides is 1. The monoisotopic (exact) mass is 350 g/mol. The fourth-order valence-corrected chi connectivity index (χ4v) is 3.57. The number of nitrogens with two attached hydrogens (primary N) is 1. The van der Waals surface area contributed by atoms with Crippen molar-refractivity contribution in [3.8, 4) is 0 Å². The zero-order chi connectivity index (χ0) is 14.6. The number of benzene rings is 1. The van der Waals surface area contributed by atoms with Gasteiger partial charge < -0.3 is 10.5 Å². The van der Waals surface area contributed by atoms with Crippen molar-refractivity contribution in [1.29, 1.82) is 0 Å². The van der Waals surface area contributed by atoms with Crippen molar-refractivity contribution < 1.29 is 13.2 Å². The molecule has 0 heterocycles. The molecular formula is C12H19BrN2O3S. The Morgan fingerprint density at radius 2 is 2.05 bits per heavy atom. The fraction of sp³-hybridized carbons (Fsp3) is 0.500. The zero-order valence-corrected chi connectivity index (χ0v) is 13.7. The van der Waals surface area contributed by atoms with E-state index in [4.69, 9.17) is 10.5 Å². The van der Waals surface area contributed by atoms with E-state index in [-0.39, 0.29) is 4.90 Å². The van der Waals surface area contributed by atoms with E-state index in [1.165, 1.54) is 10.4 Å². The number of halogens is 1. The van der Waals surface area contributed by atoms with Crippen molar-refractivity contribution in [1.82, 2.24) is 4.31 Å². The molecule has 108 valence electrons. The number of rotatable bonds is 6. The zero-order valence-electron chi connectivity index (χ0n) is 11.3. The summed E-state index contributed by atoms with van der Waals surface area (Å²) in [6, 6.07) is 3.20. The van der Waals surface area contributed by atoms with Crippen molar-refractivity contribution in [3.63, 3.8) is 0 Å². The molecule has 0 unspecified atom stereocenters. The Kier molecular flexibility index (Phi) is 5.79. The predicted molar refractivity (Wildman–Crippen MR) is 79.6 cm³/mol. The Morgan fingerprint density at radius 1 is 1.42 bits per heavy atom. The number of anilines is 1. The lowest BCUT2D eigenvalue weighted by Crippen LogP contribution is -2.29. The van der Waals surface area contributed by atoms with Gasteiger partial charge >= 0.3 is 0 Å². The number of hydrogen-bond donors (Lipinski definition) is 1. The highest BCUT2D eigenvalue weighted by Gasteiger charge is 2.23. The van der Waals surface area contributed by atoms with Gasteiger partial charge in [0.25, 0.3) is 0 Å². The molecule has 19 heavy (non-hydrogen) atoms. The third-order valence-corrected chi connectivity index (χ3v) is 5.49. The normalized spacial score (nSPS) is 12.1. The number of hydrogen-bond acceptors (Lipinski definition) is 4. The van der Waals surface area contributed by atoms with Gasteiger partial charge in [-0.15, -0.1) is 0 Å². The smallest absolute Gasteiger partial charge is 0.243 e. The summed E-state index contributed by atoms with van der Waals surface area (Å²) in [7, 11) is -0.363. The molecule has 7 heteroatoms. The lowest BCUT2D eigenvalue weighted by atomic mass is 10.2. The first-order valence-electron chi connectivity index (χ1n) is 5.81. The van der Waals surface area contributed by atoms with E-state index in [1.807, 2.05) is 0 Å². The topological polar surface area (TPSA) is 72.6 Å². The van der Waals surface area contributed by atoms with Crippen LogP contribution in [0.3, 0.4) is 0 Å². The van der Waals surface area contributed by atoms with E-state index in [0.29, 0.717) is 35.3 Å². The number of ether oxygens (including phenoxy) is 1. The molecule has 0 radical (unpaired) electrons. The average Bonchev–Trinajstić information content (AvgIpc) is 2.33. The van der Waals surface area contributed by atoms with Gasteiger partial charge in [0.2, 0.25) is 10.0 Å². The summed E-state index contributed by atoms with van der Waals surface area (Å²) in [4.78, 5) is 0.244. The molecule has 0 spiro atoms. The molecule has 0 amide bonds. The summed E-state index contributed by atoms with van der Waals surface area (Å²) in [5.41, 5.74) is 6.84. The van der Waals surface area contributed by atoms with Crippen LogP contribution >= 0.6 is 15.9 Å². The van der Waals surface area contributed by atoms with Crippen LogP contribution in [0.4, 0.5) is 5.69 Å². The average molecular weight is 351 g/mol. The molecule has 0 fully saturated rings. The van der Waals surface area contributed by atoms with Crippen LogP contribution in [0.25, 0.3) is 0 Å². The maximum absolute atomic E-state index is 12.4. The standard InChI is InChI=1S/C12H19BrN2O3S/c1-9-7-10(13)11(14)8-12(9)19(16,17)15(2)5-4-6-18-3/h7-8H,4-6,14H2,1-3H3. The van der Waals surface area contributed by atoms with Crippen molar-refractivity contribution in [2.75, 3.05) is 33.0 Å². The highest BCUT2D eigenvalue weighted by atomic mass is 79.9. The molecule has 1 aromatic carbocycles. The van der Waals surface area contributed by atoms with Crippen molar-refractivity contribution in [3.05, 3.63) is 22.2 Å². The van der Waals surface area contributed by atoms with Gasteiger partial charge in [-0.1, -0.05) is 0 Å². The van der Waals surface area contributed by atoms with E-state index in [9.17, 15) is 8.42 Å². The first kappa shape index (κ1) is 16.4. The molecule has 1 aromatic rings. The molecule has 5 nitrogen and oxygen atoms in total. The SMILES string of the molecule is COCCCN(C)S(=O)(=O)c1cc(N)c(Br)cc1C. The second-order valence-electron chi connectivity index (χ2n) is 4.31. The second-order valence-corrected chi connectivity index (χ2v) is 7.18. The first-order chi connectivity index (χ1) is 8.80. The number of aryl methyl sites for hydroxylation is 1. The summed E-state index contributed by atoms with van der Waals surface area (Å²) >= 11 is 3.29. The van der Waals surface area contributed by atoms with Gasteiger partial charge in [-0.3, -0.25) is 0 Å². The minimum Gasteiger partial charge on any atom is -0.398 e. The summed E-state index contributed by atoms with van der Waals surface area (Å²) in [5, 5.41) is 0. The van der Waals surface area contributed by atoms with Crippen LogP contribution in [0.1, 0.15) is 12.0 Å². The molecule has 0 atom stereocenters. The van der Waals surface area contributed by atoms with Crippen LogP contribution in [0, 0.1) is 6.92 Å². The minimum absolute atomic E-state index is 0.244.